The average Bonchev–Trinajstić information content (AvgIpc) is 2.60. The van der Waals surface area contributed by atoms with Gasteiger partial charge < -0.3 is 14.8 Å². The second kappa shape index (κ2) is 9.08. The Morgan fingerprint density at radius 3 is 2.52 bits per heavy atom. The third kappa shape index (κ3) is 5.80. The molecule has 25 heavy (non-hydrogen) atoms. The number of esters is 1. The minimum atomic E-state index is -0.561. The van der Waals surface area contributed by atoms with Crippen LogP contribution >= 0.6 is 11.6 Å². The van der Waals surface area contributed by atoms with Crippen molar-refractivity contribution in [2.75, 3.05) is 13.2 Å². The van der Waals surface area contributed by atoms with Crippen molar-refractivity contribution < 1.29 is 19.1 Å². The van der Waals surface area contributed by atoms with Gasteiger partial charge in [0.1, 0.15) is 5.75 Å². The Labute approximate surface area is 151 Å². The maximum atomic E-state index is 12.0. The van der Waals surface area contributed by atoms with Crippen LogP contribution in [0.1, 0.15) is 35.8 Å². The molecule has 0 radical (unpaired) electrons. The second-order valence-corrected chi connectivity index (χ2v) is 5.81. The SMILES string of the molecule is CCOc1ccc(C(=O)OCC(=O)N[C@H](C)c2cccc(Cl)c2)cc1. The molecule has 0 heterocycles. The summed E-state index contributed by atoms with van der Waals surface area (Å²) in [6, 6.07) is 13.5. The van der Waals surface area contributed by atoms with E-state index in [9.17, 15) is 9.59 Å². The Balaban J connectivity index is 1.83. The predicted octanol–water partition coefficient (Wildman–Crippen LogP) is 3.77. The maximum Gasteiger partial charge on any atom is 0.338 e. The lowest BCUT2D eigenvalue weighted by molar-refractivity contribution is -0.124. The first-order valence-electron chi connectivity index (χ1n) is 7.94. The normalized spacial score (nSPS) is 11.5. The zero-order valence-electron chi connectivity index (χ0n) is 14.1. The summed E-state index contributed by atoms with van der Waals surface area (Å²) >= 11 is 5.94. The summed E-state index contributed by atoms with van der Waals surface area (Å²) < 4.78 is 10.3. The fraction of sp³-hybridized carbons (Fsp3) is 0.263. The van der Waals surface area contributed by atoms with Gasteiger partial charge in [-0.05, 0) is 55.8 Å². The summed E-state index contributed by atoms with van der Waals surface area (Å²) in [5.74, 6) is -0.271. The van der Waals surface area contributed by atoms with E-state index >= 15 is 0 Å². The van der Waals surface area contributed by atoms with Crippen LogP contribution in [0.15, 0.2) is 48.5 Å². The molecular weight excluding hydrogens is 342 g/mol. The number of benzene rings is 2. The molecule has 0 saturated carbocycles. The number of rotatable bonds is 7. The summed E-state index contributed by atoms with van der Waals surface area (Å²) in [4.78, 5) is 23.9. The summed E-state index contributed by atoms with van der Waals surface area (Å²) in [6.45, 7) is 3.91. The first kappa shape index (κ1) is 18.8. The van der Waals surface area contributed by atoms with Crippen LogP contribution in [0, 0.1) is 0 Å². The lowest BCUT2D eigenvalue weighted by Crippen LogP contribution is -2.31. The van der Waals surface area contributed by atoms with Crippen LogP contribution in [-0.4, -0.2) is 25.1 Å². The van der Waals surface area contributed by atoms with Crippen molar-refractivity contribution in [1.29, 1.82) is 0 Å². The van der Waals surface area contributed by atoms with Gasteiger partial charge in [0.05, 0.1) is 18.2 Å². The highest BCUT2D eigenvalue weighted by atomic mass is 35.5. The molecule has 0 fully saturated rings. The van der Waals surface area contributed by atoms with Crippen molar-refractivity contribution in [1.82, 2.24) is 5.32 Å². The number of hydrogen-bond donors (Lipinski definition) is 1. The van der Waals surface area contributed by atoms with E-state index in [0.717, 1.165) is 5.56 Å². The monoisotopic (exact) mass is 361 g/mol. The summed E-state index contributed by atoms with van der Waals surface area (Å²) in [5.41, 5.74) is 1.23. The number of hydrogen-bond acceptors (Lipinski definition) is 4. The molecule has 132 valence electrons. The molecule has 5 nitrogen and oxygen atoms in total. The molecule has 1 N–H and O–H groups in total. The fourth-order valence-electron chi connectivity index (χ4n) is 2.21. The summed E-state index contributed by atoms with van der Waals surface area (Å²) in [7, 11) is 0. The molecule has 0 aliphatic rings. The van der Waals surface area contributed by atoms with Gasteiger partial charge in [-0.25, -0.2) is 4.79 Å². The van der Waals surface area contributed by atoms with E-state index in [-0.39, 0.29) is 18.6 Å². The minimum Gasteiger partial charge on any atom is -0.494 e. The van der Waals surface area contributed by atoms with E-state index in [0.29, 0.717) is 22.9 Å². The van der Waals surface area contributed by atoms with Gasteiger partial charge in [0.15, 0.2) is 6.61 Å². The van der Waals surface area contributed by atoms with Crippen LogP contribution in [0.4, 0.5) is 0 Å². The Bertz CT molecular complexity index is 730. The molecule has 1 atom stereocenters. The molecule has 0 saturated heterocycles. The van der Waals surface area contributed by atoms with E-state index in [1.54, 1.807) is 36.4 Å². The van der Waals surface area contributed by atoms with Crippen LogP contribution in [0.3, 0.4) is 0 Å². The number of ether oxygens (including phenoxy) is 2. The van der Waals surface area contributed by atoms with Crippen LogP contribution in [0.5, 0.6) is 5.75 Å². The van der Waals surface area contributed by atoms with Crippen molar-refractivity contribution in [2.24, 2.45) is 0 Å². The van der Waals surface area contributed by atoms with E-state index in [1.807, 2.05) is 26.0 Å². The zero-order valence-corrected chi connectivity index (χ0v) is 14.9. The third-order valence-electron chi connectivity index (χ3n) is 3.46. The molecule has 0 aliphatic carbocycles. The van der Waals surface area contributed by atoms with E-state index < -0.39 is 5.97 Å². The largest absolute Gasteiger partial charge is 0.494 e. The predicted molar refractivity (Wildman–Crippen MR) is 95.9 cm³/mol. The van der Waals surface area contributed by atoms with Crippen molar-refractivity contribution in [3.8, 4) is 5.75 Å². The maximum absolute atomic E-state index is 12.0. The smallest absolute Gasteiger partial charge is 0.338 e. The standard InChI is InChI=1S/C19H20ClNO4/c1-3-24-17-9-7-14(8-10-17)19(23)25-12-18(22)21-13(2)15-5-4-6-16(20)11-15/h4-11,13H,3,12H2,1-2H3,(H,21,22)/t13-/m1/s1. The molecule has 2 rings (SSSR count). The highest BCUT2D eigenvalue weighted by molar-refractivity contribution is 6.30. The van der Waals surface area contributed by atoms with Crippen LogP contribution < -0.4 is 10.1 Å². The molecule has 0 aliphatic heterocycles. The fourth-order valence-corrected chi connectivity index (χ4v) is 2.41. The van der Waals surface area contributed by atoms with E-state index in [4.69, 9.17) is 21.1 Å². The summed E-state index contributed by atoms with van der Waals surface area (Å²) in [5, 5.41) is 3.36. The quantitative estimate of drug-likeness (QED) is 0.762. The van der Waals surface area contributed by atoms with Gasteiger partial charge in [-0.15, -0.1) is 0 Å². The van der Waals surface area contributed by atoms with Gasteiger partial charge in [-0.1, -0.05) is 23.7 Å². The van der Waals surface area contributed by atoms with Gasteiger partial charge in [-0.3, -0.25) is 4.79 Å². The highest BCUT2D eigenvalue weighted by Crippen LogP contribution is 2.17. The average molecular weight is 362 g/mol. The van der Waals surface area contributed by atoms with Crippen molar-refractivity contribution in [3.05, 3.63) is 64.7 Å². The number of halogens is 1. The lowest BCUT2D eigenvalue weighted by Gasteiger charge is -2.14. The molecule has 2 aromatic rings. The second-order valence-electron chi connectivity index (χ2n) is 5.38. The molecule has 2 aromatic carbocycles. The Morgan fingerprint density at radius 1 is 1.16 bits per heavy atom. The highest BCUT2D eigenvalue weighted by Gasteiger charge is 2.13. The first-order chi connectivity index (χ1) is 12.0. The molecular formula is C19H20ClNO4. The van der Waals surface area contributed by atoms with Crippen molar-refractivity contribution in [3.63, 3.8) is 0 Å². The Kier molecular flexibility index (Phi) is 6.83. The number of carbonyl (C=O) groups is 2. The van der Waals surface area contributed by atoms with E-state index in [2.05, 4.69) is 5.32 Å². The number of carbonyl (C=O) groups excluding carboxylic acids is 2. The molecule has 6 heteroatoms. The van der Waals surface area contributed by atoms with Gasteiger partial charge in [0.2, 0.25) is 0 Å². The van der Waals surface area contributed by atoms with Gasteiger partial charge in [0, 0.05) is 5.02 Å². The zero-order chi connectivity index (χ0) is 18.2. The number of amides is 1. The van der Waals surface area contributed by atoms with Gasteiger partial charge in [-0.2, -0.15) is 0 Å². The third-order valence-corrected chi connectivity index (χ3v) is 3.70. The molecule has 1 amide bonds. The Morgan fingerprint density at radius 2 is 1.88 bits per heavy atom. The Hall–Kier alpha value is -2.53. The van der Waals surface area contributed by atoms with E-state index in [1.165, 1.54) is 0 Å². The van der Waals surface area contributed by atoms with Crippen LogP contribution in [0.25, 0.3) is 0 Å². The van der Waals surface area contributed by atoms with Crippen LogP contribution in [0.2, 0.25) is 5.02 Å². The van der Waals surface area contributed by atoms with Crippen LogP contribution in [-0.2, 0) is 9.53 Å². The molecule has 0 aromatic heterocycles. The molecule has 0 unspecified atom stereocenters. The van der Waals surface area contributed by atoms with Gasteiger partial charge in [0.25, 0.3) is 5.91 Å². The minimum absolute atomic E-state index is 0.240. The summed E-state index contributed by atoms with van der Waals surface area (Å²) in [6.07, 6.45) is 0. The van der Waals surface area contributed by atoms with Gasteiger partial charge >= 0.3 is 5.97 Å². The first-order valence-corrected chi connectivity index (χ1v) is 8.32. The lowest BCUT2D eigenvalue weighted by atomic mass is 10.1. The topological polar surface area (TPSA) is 64.6 Å². The number of nitrogens with one attached hydrogen (secondary N) is 1. The molecule has 0 spiro atoms. The van der Waals surface area contributed by atoms with Crippen molar-refractivity contribution in [2.45, 2.75) is 19.9 Å². The van der Waals surface area contributed by atoms with Crippen molar-refractivity contribution >= 4 is 23.5 Å². The molecule has 0 bridgehead atoms.